The molecule has 0 saturated carbocycles. The highest BCUT2D eigenvalue weighted by molar-refractivity contribution is 5.56. The average molecular weight is 324 g/mol. The first-order valence-corrected chi connectivity index (χ1v) is 8.34. The molecule has 1 aliphatic heterocycles. The van der Waals surface area contributed by atoms with E-state index < -0.39 is 0 Å². The van der Waals surface area contributed by atoms with E-state index >= 15 is 0 Å². The van der Waals surface area contributed by atoms with Gasteiger partial charge in [0, 0.05) is 19.2 Å². The van der Waals surface area contributed by atoms with Crippen molar-refractivity contribution < 1.29 is 4.74 Å². The summed E-state index contributed by atoms with van der Waals surface area (Å²) in [6.07, 6.45) is 5.02. The van der Waals surface area contributed by atoms with Gasteiger partial charge >= 0.3 is 0 Å². The molecule has 0 bridgehead atoms. The number of pyridine rings is 1. The lowest BCUT2D eigenvalue weighted by atomic mass is 10.2. The highest BCUT2D eigenvalue weighted by Crippen LogP contribution is 2.21. The van der Waals surface area contributed by atoms with Crippen LogP contribution in [0.5, 0.6) is 5.88 Å². The normalized spacial score (nSPS) is 15.5. The number of hydrogen-bond donors (Lipinski definition) is 0. The van der Waals surface area contributed by atoms with E-state index in [0.717, 1.165) is 18.9 Å². The Labute approximate surface area is 140 Å². The van der Waals surface area contributed by atoms with Gasteiger partial charge in [-0.2, -0.15) is 4.52 Å². The number of anilines is 1. The molecule has 0 unspecified atom stereocenters. The van der Waals surface area contributed by atoms with Gasteiger partial charge in [0.2, 0.25) is 11.7 Å². The third kappa shape index (κ3) is 2.77. The molecule has 4 rings (SSSR count). The Balaban J connectivity index is 1.75. The molecule has 1 saturated heterocycles. The maximum Gasteiger partial charge on any atom is 0.213 e. The summed E-state index contributed by atoms with van der Waals surface area (Å²) in [7, 11) is 1.60. The summed E-state index contributed by atoms with van der Waals surface area (Å²) in [5.74, 6) is 2.14. The van der Waals surface area contributed by atoms with E-state index in [9.17, 15) is 0 Å². The molecule has 0 aliphatic carbocycles. The Kier molecular flexibility index (Phi) is 3.98. The van der Waals surface area contributed by atoms with Gasteiger partial charge in [0.1, 0.15) is 11.5 Å². The van der Waals surface area contributed by atoms with Crippen LogP contribution in [0.25, 0.3) is 17.2 Å². The number of nitrogens with zero attached hydrogens (tertiary/aromatic N) is 6. The topological polar surface area (TPSA) is 68.4 Å². The summed E-state index contributed by atoms with van der Waals surface area (Å²) in [4.78, 5) is 6.78. The van der Waals surface area contributed by atoms with Gasteiger partial charge in [0.15, 0.2) is 5.65 Å². The smallest absolute Gasteiger partial charge is 0.213 e. The molecule has 3 aromatic rings. The Bertz CT molecular complexity index is 838. The van der Waals surface area contributed by atoms with Crippen LogP contribution < -0.4 is 9.64 Å². The minimum absolute atomic E-state index is 0.549. The SMILES string of the molecule is COc1cccc(-c2nnc3ccc(N4CCCCCC4)nn23)n1. The third-order valence-electron chi connectivity index (χ3n) is 4.34. The maximum atomic E-state index is 5.20. The van der Waals surface area contributed by atoms with E-state index in [0.29, 0.717) is 23.0 Å². The van der Waals surface area contributed by atoms with Gasteiger partial charge in [-0.05, 0) is 31.0 Å². The number of aromatic nitrogens is 5. The van der Waals surface area contributed by atoms with Crippen molar-refractivity contribution in [2.45, 2.75) is 25.7 Å². The van der Waals surface area contributed by atoms with E-state index in [2.05, 4.69) is 20.1 Å². The van der Waals surface area contributed by atoms with Gasteiger partial charge in [0.25, 0.3) is 0 Å². The van der Waals surface area contributed by atoms with Crippen molar-refractivity contribution in [1.29, 1.82) is 0 Å². The fourth-order valence-corrected chi connectivity index (χ4v) is 3.06. The van der Waals surface area contributed by atoms with Gasteiger partial charge in [-0.1, -0.05) is 18.9 Å². The molecule has 4 heterocycles. The van der Waals surface area contributed by atoms with Crippen LogP contribution in [0.3, 0.4) is 0 Å². The zero-order valence-corrected chi connectivity index (χ0v) is 13.7. The van der Waals surface area contributed by atoms with Crippen molar-refractivity contribution in [2.24, 2.45) is 0 Å². The zero-order valence-electron chi connectivity index (χ0n) is 13.7. The van der Waals surface area contributed by atoms with Crippen molar-refractivity contribution in [3.63, 3.8) is 0 Å². The van der Waals surface area contributed by atoms with Gasteiger partial charge < -0.3 is 9.64 Å². The fourth-order valence-electron chi connectivity index (χ4n) is 3.06. The first-order chi connectivity index (χ1) is 11.8. The Hall–Kier alpha value is -2.70. The lowest BCUT2D eigenvalue weighted by molar-refractivity contribution is 0.398. The molecule has 0 N–H and O–H groups in total. The second-order valence-electron chi connectivity index (χ2n) is 5.95. The molecule has 7 nitrogen and oxygen atoms in total. The summed E-state index contributed by atoms with van der Waals surface area (Å²) in [6.45, 7) is 2.10. The first kappa shape index (κ1) is 14.9. The van der Waals surface area contributed by atoms with Crippen LogP contribution in [0, 0.1) is 0 Å². The van der Waals surface area contributed by atoms with Crippen LogP contribution >= 0.6 is 0 Å². The lowest BCUT2D eigenvalue weighted by Crippen LogP contribution is -2.25. The van der Waals surface area contributed by atoms with Crippen molar-refractivity contribution >= 4 is 11.5 Å². The van der Waals surface area contributed by atoms with Gasteiger partial charge in [-0.3, -0.25) is 0 Å². The van der Waals surface area contributed by atoms with Crippen LogP contribution in [0.2, 0.25) is 0 Å². The Morgan fingerprint density at radius 1 is 0.958 bits per heavy atom. The lowest BCUT2D eigenvalue weighted by Gasteiger charge is -2.21. The van der Waals surface area contributed by atoms with Crippen LogP contribution in [0.15, 0.2) is 30.3 Å². The molecule has 24 heavy (non-hydrogen) atoms. The summed E-state index contributed by atoms with van der Waals surface area (Å²) in [6, 6.07) is 9.57. The van der Waals surface area contributed by atoms with Crippen molar-refractivity contribution in [2.75, 3.05) is 25.1 Å². The molecule has 1 aliphatic rings. The van der Waals surface area contributed by atoms with Crippen LogP contribution in [0.1, 0.15) is 25.7 Å². The summed E-state index contributed by atoms with van der Waals surface area (Å²) in [5, 5.41) is 13.2. The van der Waals surface area contributed by atoms with Crippen LogP contribution in [-0.2, 0) is 0 Å². The number of ether oxygens (including phenoxy) is 1. The fraction of sp³-hybridized carbons (Fsp3) is 0.412. The quantitative estimate of drug-likeness (QED) is 0.737. The molecule has 0 radical (unpaired) electrons. The second kappa shape index (κ2) is 6.43. The van der Waals surface area contributed by atoms with Crippen molar-refractivity contribution in [3.8, 4) is 17.4 Å². The number of hydrogen-bond acceptors (Lipinski definition) is 6. The molecule has 0 aromatic carbocycles. The van der Waals surface area contributed by atoms with Crippen LogP contribution in [0.4, 0.5) is 5.82 Å². The summed E-state index contributed by atoms with van der Waals surface area (Å²) in [5.41, 5.74) is 1.41. The molecule has 0 amide bonds. The summed E-state index contributed by atoms with van der Waals surface area (Å²) >= 11 is 0. The van der Waals surface area contributed by atoms with E-state index in [1.165, 1.54) is 25.7 Å². The largest absolute Gasteiger partial charge is 0.481 e. The van der Waals surface area contributed by atoms with Crippen LogP contribution in [-0.4, -0.2) is 45.0 Å². The Morgan fingerprint density at radius 2 is 1.79 bits per heavy atom. The van der Waals surface area contributed by atoms with Crippen molar-refractivity contribution in [3.05, 3.63) is 30.3 Å². The molecule has 0 spiro atoms. The van der Waals surface area contributed by atoms with Crippen molar-refractivity contribution in [1.82, 2.24) is 24.8 Å². The molecule has 0 atom stereocenters. The molecule has 1 fully saturated rings. The molecule has 7 heteroatoms. The number of rotatable bonds is 3. The van der Waals surface area contributed by atoms with Gasteiger partial charge in [0.05, 0.1) is 7.11 Å². The average Bonchev–Trinajstić information content (AvgIpc) is 2.86. The Morgan fingerprint density at radius 3 is 2.58 bits per heavy atom. The second-order valence-corrected chi connectivity index (χ2v) is 5.95. The highest BCUT2D eigenvalue weighted by Gasteiger charge is 2.15. The van der Waals surface area contributed by atoms with E-state index in [4.69, 9.17) is 9.84 Å². The monoisotopic (exact) mass is 324 g/mol. The van der Waals surface area contributed by atoms with E-state index in [-0.39, 0.29) is 0 Å². The predicted octanol–water partition coefficient (Wildman–Crippen LogP) is 2.58. The molecule has 124 valence electrons. The molecular weight excluding hydrogens is 304 g/mol. The molecular formula is C17H20N6O. The van der Waals surface area contributed by atoms with E-state index in [1.54, 1.807) is 11.6 Å². The predicted molar refractivity (Wildman–Crippen MR) is 91.2 cm³/mol. The number of fused-ring (bicyclic) bond motifs is 1. The minimum atomic E-state index is 0.549. The van der Waals surface area contributed by atoms with Gasteiger partial charge in [-0.15, -0.1) is 15.3 Å². The molecule has 3 aromatic heterocycles. The first-order valence-electron chi connectivity index (χ1n) is 8.34. The van der Waals surface area contributed by atoms with Gasteiger partial charge in [-0.25, -0.2) is 4.98 Å². The zero-order chi connectivity index (χ0) is 16.4. The highest BCUT2D eigenvalue weighted by atomic mass is 16.5. The third-order valence-corrected chi connectivity index (χ3v) is 4.34. The standard InChI is InChI=1S/C17H20N6O/c1-24-16-8-6-7-13(18-16)17-20-19-14-9-10-15(21-23(14)17)22-11-4-2-3-5-12-22/h6-10H,2-5,11-12H2,1H3. The maximum absolute atomic E-state index is 5.20. The summed E-state index contributed by atoms with van der Waals surface area (Å²) < 4.78 is 6.97. The minimum Gasteiger partial charge on any atom is -0.481 e. The van der Waals surface area contributed by atoms with E-state index in [1.807, 2.05) is 30.3 Å². The number of methoxy groups -OCH3 is 1.